The van der Waals surface area contributed by atoms with E-state index in [-0.39, 0.29) is 12.1 Å². The van der Waals surface area contributed by atoms with E-state index in [1.807, 2.05) is 35.2 Å². The molecule has 0 radical (unpaired) electrons. The normalized spacial score (nSPS) is 21.4. The molecular formula is C21H24BrN3O. The third-order valence-electron chi connectivity index (χ3n) is 5.53. The van der Waals surface area contributed by atoms with Crippen molar-refractivity contribution in [2.24, 2.45) is 5.92 Å². The Morgan fingerprint density at radius 2 is 1.85 bits per heavy atom. The van der Waals surface area contributed by atoms with Gasteiger partial charge < -0.3 is 15.1 Å². The number of rotatable bonds is 3. The van der Waals surface area contributed by atoms with Crippen LogP contribution in [0.15, 0.2) is 53.0 Å². The van der Waals surface area contributed by atoms with Crippen molar-refractivity contribution in [1.29, 1.82) is 0 Å². The molecule has 0 spiro atoms. The molecule has 4 rings (SSSR count). The zero-order chi connectivity index (χ0) is 18.1. The van der Waals surface area contributed by atoms with Crippen molar-refractivity contribution in [3.63, 3.8) is 0 Å². The van der Waals surface area contributed by atoms with Gasteiger partial charge in [0.25, 0.3) is 0 Å². The van der Waals surface area contributed by atoms with E-state index >= 15 is 0 Å². The van der Waals surface area contributed by atoms with E-state index in [9.17, 15) is 4.79 Å². The van der Waals surface area contributed by atoms with Crippen molar-refractivity contribution in [3.8, 4) is 0 Å². The highest BCUT2D eigenvalue weighted by molar-refractivity contribution is 9.10. The maximum Gasteiger partial charge on any atom is 0.322 e. The number of hydrogen-bond donors (Lipinski definition) is 1. The lowest BCUT2D eigenvalue weighted by Crippen LogP contribution is -2.46. The quantitative estimate of drug-likeness (QED) is 0.789. The van der Waals surface area contributed by atoms with Crippen LogP contribution in [0.1, 0.15) is 30.0 Å². The largest absolute Gasteiger partial charge is 0.322 e. The van der Waals surface area contributed by atoms with Crippen LogP contribution in [0.5, 0.6) is 0 Å². The van der Waals surface area contributed by atoms with Gasteiger partial charge in [0.2, 0.25) is 0 Å². The van der Waals surface area contributed by atoms with Gasteiger partial charge in [0, 0.05) is 22.3 Å². The number of likely N-dealkylation sites (tertiary alicyclic amines) is 1. The minimum atomic E-state index is -0.0443. The lowest BCUT2D eigenvalue weighted by atomic mass is 9.91. The van der Waals surface area contributed by atoms with Crippen LogP contribution < -0.4 is 5.32 Å². The molecule has 0 saturated carbocycles. The van der Waals surface area contributed by atoms with Gasteiger partial charge in [0.05, 0.1) is 6.04 Å². The van der Waals surface area contributed by atoms with Crippen LogP contribution in [-0.2, 0) is 0 Å². The van der Waals surface area contributed by atoms with E-state index in [1.54, 1.807) is 0 Å². The molecule has 1 N–H and O–H groups in total. The smallest absolute Gasteiger partial charge is 0.313 e. The van der Waals surface area contributed by atoms with Crippen LogP contribution in [-0.4, -0.2) is 42.5 Å². The summed E-state index contributed by atoms with van der Waals surface area (Å²) in [5, 5.41) is 3.09. The highest BCUT2D eigenvalue weighted by Gasteiger charge is 2.35. The molecule has 4 nitrogen and oxygen atoms in total. The molecule has 5 heteroatoms. The van der Waals surface area contributed by atoms with Crippen LogP contribution in [0, 0.1) is 5.92 Å². The summed E-state index contributed by atoms with van der Waals surface area (Å²) in [7, 11) is 2.17. The molecule has 1 fully saturated rings. The molecule has 2 aromatic carbocycles. The van der Waals surface area contributed by atoms with Gasteiger partial charge in [-0.3, -0.25) is 0 Å². The summed E-state index contributed by atoms with van der Waals surface area (Å²) in [6.07, 6.45) is 2.29. The van der Waals surface area contributed by atoms with Gasteiger partial charge in [0.15, 0.2) is 0 Å². The summed E-state index contributed by atoms with van der Waals surface area (Å²) in [6, 6.07) is 16.4. The predicted octanol–water partition coefficient (Wildman–Crippen LogP) is 4.73. The Kier molecular flexibility index (Phi) is 5.00. The molecule has 0 aliphatic carbocycles. The number of benzene rings is 2. The molecule has 0 bridgehead atoms. The van der Waals surface area contributed by atoms with Gasteiger partial charge in [-0.25, -0.2) is 4.79 Å². The average Bonchev–Trinajstić information content (AvgIpc) is 2.65. The number of carbonyl (C=O) groups excluding carboxylic acids is 1. The lowest BCUT2D eigenvalue weighted by molar-refractivity contribution is 0.150. The third-order valence-corrected chi connectivity index (χ3v) is 6.02. The minimum absolute atomic E-state index is 0.00704. The van der Waals surface area contributed by atoms with Crippen molar-refractivity contribution in [2.45, 2.75) is 18.9 Å². The summed E-state index contributed by atoms with van der Waals surface area (Å²) in [4.78, 5) is 17.4. The Morgan fingerprint density at radius 1 is 1.12 bits per heavy atom. The first-order valence-corrected chi connectivity index (χ1v) is 10.0. The Hall–Kier alpha value is -1.85. The number of anilines is 1. The van der Waals surface area contributed by atoms with Crippen LogP contribution >= 0.6 is 15.9 Å². The monoisotopic (exact) mass is 413 g/mol. The number of piperidine rings is 1. The third kappa shape index (κ3) is 3.51. The number of nitrogens with zero attached hydrogens (tertiary/aromatic N) is 2. The fourth-order valence-electron chi connectivity index (χ4n) is 4.05. The van der Waals surface area contributed by atoms with Crippen LogP contribution in [0.2, 0.25) is 0 Å². The number of urea groups is 1. The van der Waals surface area contributed by atoms with Gasteiger partial charge in [-0.1, -0.05) is 46.3 Å². The Labute approximate surface area is 163 Å². The van der Waals surface area contributed by atoms with E-state index in [0.717, 1.165) is 53.8 Å². The fourth-order valence-corrected chi connectivity index (χ4v) is 4.43. The number of hydrogen-bond acceptors (Lipinski definition) is 2. The molecular weight excluding hydrogens is 390 g/mol. The van der Waals surface area contributed by atoms with Crippen molar-refractivity contribution in [1.82, 2.24) is 9.80 Å². The van der Waals surface area contributed by atoms with E-state index in [0.29, 0.717) is 5.92 Å². The predicted molar refractivity (Wildman–Crippen MR) is 108 cm³/mol. The Morgan fingerprint density at radius 3 is 2.58 bits per heavy atom. The van der Waals surface area contributed by atoms with Crippen molar-refractivity contribution in [3.05, 3.63) is 64.1 Å². The molecule has 2 aliphatic rings. The van der Waals surface area contributed by atoms with Gasteiger partial charge >= 0.3 is 6.03 Å². The molecule has 1 atom stereocenters. The first-order valence-electron chi connectivity index (χ1n) is 9.22. The zero-order valence-corrected chi connectivity index (χ0v) is 16.6. The maximum absolute atomic E-state index is 13.0. The van der Waals surface area contributed by atoms with Crippen LogP contribution in [0.3, 0.4) is 0 Å². The number of nitrogens with one attached hydrogen (secondary N) is 1. The highest BCUT2D eigenvalue weighted by atomic mass is 79.9. The summed E-state index contributed by atoms with van der Waals surface area (Å²) in [5.41, 5.74) is 3.22. The number of halogens is 1. The van der Waals surface area contributed by atoms with E-state index in [4.69, 9.17) is 0 Å². The second-order valence-corrected chi connectivity index (χ2v) is 8.29. The van der Waals surface area contributed by atoms with Gasteiger partial charge in [-0.15, -0.1) is 0 Å². The van der Waals surface area contributed by atoms with E-state index in [2.05, 4.69) is 51.4 Å². The van der Waals surface area contributed by atoms with E-state index < -0.39 is 0 Å². The second-order valence-electron chi connectivity index (χ2n) is 7.37. The van der Waals surface area contributed by atoms with Gasteiger partial charge in [-0.05, 0) is 62.7 Å². The van der Waals surface area contributed by atoms with Gasteiger partial charge in [0.1, 0.15) is 0 Å². The highest BCUT2D eigenvalue weighted by Crippen LogP contribution is 2.39. The fraction of sp³-hybridized carbons (Fsp3) is 0.381. The van der Waals surface area contributed by atoms with Crippen molar-refractivity contribution < 1.29 is 4.79 Å². The number of amides is 2. The van der Waals surface area contributed by atoms with Crippen LogP contribution in [0.4, 0.5) is 10.5 Å². The standard InChI is InChI=1S/C21H24BrN3O/c1-24-11-9-15(10-12-24)14-25-20(16-5-3-2-4-6-16)18-13-17(22)7-8-19(18)23-21(25)26/h2-8,13,15,20H,9-12,14H2,1H3,(H,23,26)/t20-/m1/s1. The number of fused-ring (bicyclic) bond motifs is 1. The Balaban J connectivity index is 1.70. The Bertz CT molecular complexity index is 787. The zero-order valence-electron chi connectivity index (χ0n) is 15.0. The maximum atomic E-state index is 13.0. The molecule has 26 heavy (non-hydrogen) atoms. The lowest BCUT2D eigenvalue weighted by Gasteiger charge is -2.41. The SMILES string of the molecule is CN1CCC(CN2C(=O)Nc3ccc(Br)cc3[C@H]2c2ccccc2)CC1. The molecule has 2 aromatic rings. The minimum Gasteiger partial charge on any atom is -0.313 e. The number of carbonyl (C=O) groups is 1. The average molecular weight is 414 g/mol. The molecule has 136 valence electrons. The molecule has 1 saturated heterocycles. The molecule has 2 heterocycles. The van der Waals surface area contributed by atoms with E-state index in [1.165, 1.54) is 0 Å². The van der Waals surface area contributed by atoms with Gasteiger partial charge in [-0.2, -0.15) is 0 Å². The molecule has 0 aromatic heterocycles. The van der Waals surface area contributed by atoms with Crippen molar-refractivity contribution >= 4 is 27.6 Å². The molecule has 2 amide bonds. The first-order chi connectivity index (χ1) is 12.6. The summed E-state index contributed by atoms with van der Waals surface area (Å²) in [5.74, 6) is 0.553. The second kappa shape index (κ2) is 7.41. The summed E-state index contributed by atoms with van der Waals surface area (Å²) in [6.45, 7) is 3.02. The van der Waals surface area contributed by atoms with Crippen LogP contribution in [0.25, 0.3) is 0 Å². The molecule has 0 unspecified atom stereocenters. The molecule has 2 aliphatic heterocycles. The first kappa shape index (κ1) is 17.6. The summed E-state index contributed by atoms with van der Waals surface area (Å²) >= 11 is 3.59. The topological polar surface area (TPSA) is 35.6 Å². The van der Waals surface area contributed by atoms with Crippen molar-refractivity contribution in [2.75, 3.05) is 32.0 Å². The summed E-state index contributed by atoms with van der Waals surface area (Å²) < 4.78 is 1.03.